The average molecular weight is 558 g/mol. The fraction of sp³-hybridized carbons (Fsp3) is 0.720. The van der Waals surface area contributed by atoms with Gasteiger partial charge in [-0.1, -0.05) is 40.5 Å². The monoisotopic (exact) mass is 557 g/mol. The number of halogens is 2. The fourth-order valence-electron chi connectivity index (χ4n) is 4.17. The second kappa shape index (κ2) is 13.4. The predicted octanol–water partition coefficient (Wildman–Crippen LogP) is 3.18. The summed E-state index contributed by atoms with van der Waals surface area (Å²) in [5.74, 6) is -1.70. The lowest BCUT2D eigenvalue weighted by Crippen LogP contribution is -2.54. The smallest absolute Gasteiger partial charge is 0.303 e. The van der Waals surface area contributed by atoms with Crippen LogP contribution in [0.1, 0.15) is 66.5 Å². The number of imidazole rings is 1. The minimum atomic E-state index is -3.08. The Morgan fingerprint density at radius 3 is 2.54 bits per heavy atom. The maximum Gasteiger partial charge on any atom is 0.303 e. The van der Waals surface area contributed by atoms with Crippen LogP contribution >= 0.6 is 0 Å². The van der Waals surface area contributed by atoms with E-state index < -0.39 is 60.4 Å². The van der Waals surface area contributed by atoms with Crippen molar-refractivity contribution < 1.29 is 37.3 Å². The van der Waals surface area contributed by atoms with Crippen LogP contribution < -0.4 is 10.9 Å². The number of alkyl halides is 2. The van der Waals surface area contributed by atoms with Crippen molar-refractivity contribution in [3.8, 4) is 0 Å². The number of nitrogens with zero attached hydrogens (tertiary/aromatic N) is 3. The summed E-state index contributed by atoms with van der Waals surface area (Å²) in [4.78, 5) is 47.8. The van der Waals surface area contributed by atoms with Crippen molar-refractivity contribution in [3.63, 3.8) is 0 Å². The highest BCUT2D eigenvalue weighted by atomic mass is 19.3. The van der Waals surface area contributed by atoms with E-state index in [1.807, 2.05) is 13.8 Å². The number of esters is 1. The Balaban J connectivity index is 2.11. The second-order valence-corrected chi connectivity index (χ2v) is 9.77. The lowest BCUT2D eigenvalue weighted by Gasteiger charge is -2.33. The number of rotatable bonds is 14. The summed E-state index contributed by atoms with van der Waals surface area (Å²) in [6.45, 7) is 8.16. The number of hydrogen-bond donors (Lipinski definition) is 2. The molecule has 1 aliphatic rings. The Bertz CT molecular complexity index is 1190. The van der Waals surface area contributed by atoms with E-state index in [0.29, 0.717) is 12.8 Å². The van der Waals surface area contributed by atoms with Gasteiger partial charge in [-0.25, -0.2) is 13.8 Å². The lowest BCUT2D eigenvalue weighted by molar-refractivity contribution is -0.211. The third-order valence-corrected chi connectivity index (χ3v) is 6.31. The van der Waals surface area contributed by atoms with Crippen LogP contribution in [0.3, 0.4) is 0 Å². The molecule has 1 amide bonds. The van der Waals surface area contributed by atoms with Crippen LogP contribution in [-0.4, -0.2) is 75.5 Å². The van der Waals surface area contributed by atoms with Crippen molar-refractivity contribution in [2.24, 2.45) is 5.92 Å². The summed E-state index contributed by atoms with van der Waals surface area (Å²) >= 11 is 0. The Morgan fingerprint density at radius 1 is 1.23 bits per heavy atom. The number of amides is 1. The summed E-state index contributed by atoms with van der Waals surface area (Å²) in [5.41, 5.74) is -3.15. The number of H-pyrrole nitrogens is 1. The molecular weight excluding hydrogens is 520 g/mol. The van der Waals surface area contributed by atoms with E-state index in [9.17, 15) is 23.2 Å². The standard InChI is InChI=1S/C25H37F2N5O7/c1-6-8-10-36-12-25(23(26)27)18(37-11-9-7-2)17(38-15(5)33)22(39-25)32-13-28-16-19(32)29-24(31-21(16)35)30-20(34)14(3)4/h13-14,17-18,22-23H,6-12H2,1-5H3,(H2,29,30,31,34,35)/t17-,18+,22-,25-/m1/s1. The molecule has 14 heteroatoms. The van der Waals surface area contributed by atoms with Crippen LogP contribution in [-0.2, 0) is 28.5 Å². The Labute approximate surface area is 224 Å². The first-order valence-electron chi connectivity index (χ1n) is 13.2. The molecule has 1 aliphatic heterocycles. The maximum atomic E-state index is 14.9. The van der Waals surface area contributed by atoms with Crippen molar-refractivity contribution in [3.05, 3.63) is 16.7 Å². The number of anilines is 1. The summed E-state index contributed by atoms with van der Waals surface area (Å²) in [7, 11) is 0. The van der Waals surface area contributed by atoms with Crippen LogP contribution in [0.15, 0.2) is 11.1 Å². The van der Waals surface area contributed by atoms with Gasteiger partial charge in [0.1, 0.15) is 6.10 Å². The minimum Gasteiger partial charge on any atom is -0.455 e. The Kier molecular flexibility index (Phi) is 10.5. The molecule has 4 atom stereocenters. The van der Waals surface area contributed by atoms with Gasteiger partial charge in [-0.3, -0.25) is 29.3 Å². The zero-order chi connectivity index (χ0) is 28.7. The van der Waals surface area contributed by atoms with E-state index in [1.165, 1.54) is 10.9 Å². The van der Waals surface area contributed by atoms with Gasteiger partial charge in [0, 0.05) is 26.1 Å². The lowest BCUT2D eigenvalue weighted by atomic mass is 9.95. The van der Waals surface area contributed by atoms with E-state index in [-0.39, 0.29) is 30.3 Å². The third kappa shape index (κ3) is 6.79. The predicted molar refractivity (Wildman–Crippen MR) is 136 cm³/mol. The third-order valence-electron chi connectivity index (χ3n) is 6.31. The molecule has 2 N–H and O–H groups in total. The number of carbonyl (C=O) groups is 2. The number of unbranched alkanes of at least 4 members (excludes halogenated alkanes) is 2. The molecule has 0 aliphatic carbocycles. The molecule has 0 unspecified atom stereocenters. The normalized spacial score (nSPS) is 23.2. The summed E-state index contributed by atoms with van der Waals surface area (Å²) < 4.78 is 54.0. The van der Waals surface area contributed by atoms with Gasteiger partial charge in [-0.15, -0.1) is 0 Å². The number of carbonyl (C=O) groups excluding carboxylic acids is 2. The number of aromatic nitrogens is 4. The van der Waals surface area contributed by atoms with Crippen LogP contribution in [0.5, 0.6) is 0 Å². The summed E-state index contributed by atoms with van der Waals surface area (Å²) in [6, 6.07) is 0. The molecule has 3 heterocycles. The molecule has 218 valence electrons. The van der Waals surface area contributed by atoms with Crippen LogP contribution in [0.4, 0.5) is 14.7 Å². The molecule has 0 aromatic carbocycles. The molecule has 0 radical (unpaired) electrons. The Hall–Kier alpha value is -2.97. The van der Waals surface area contributed by atoms with Gasteiger partial charge in [0.15, 0.2) is 29.1 Å². The number of aromatic amines is 1. The first-order chi connectivity index (χ1) is 18.5. The fourth-order valence-corrected chi connectivity index (χ4v) is 4.17. The largest absolute Gasteiger partial charge is 0.455 e. The molecular formula is C25H37F2N5O7. The van der Waals surface area contributed by atoms with Crippen molar-refractivity contribution in [1.29, 1.82) is 0 Å². The maximum absolute atomic E-state index is 14.9. The van der Waals surface area contributed by atoms with Gasteiger partial charge in [0.2, 0.25) is 11.9 Å². The van der Waals surface area contributed by atoms with Crippen molar-refractivity contribution in [1.82, 2.24) is 19.5 Å². The zero-order valence-corrected chi connectivity index (χ0v) is 22.9. The number of nitrogens with one attached hydrogen (secondary N) is 2. The van der Waals surface area contributed by atoms with Crippen LogP contribution in [0, 0.1) is 5.92 Å². The van der Waals surface area contributed by atoms with Crippen molar-refractivity contribution in [2.45, 2.75) is 90.8 Å². The number of ether oxygens (including phenoxy) is 4. The first kappa shape index (κ1) is 30.6. The van der Waals surface area contributed by atoms with Gasteiger partial charge in [0.05, 0.1) is 12.9 Å². The Morgan fingerprint density at radius 2 is 1.92 bits per heavy atom. The molecule has 0 spiro atoms. The molecule has 1 saturated heterocycles. The number of fused-ring (bicyclic) bond motifs is 1. The molecule has 0 saturated carbocycles. The summed E-state index contributed by atoms with van der Waals surface area (Å²) in [5, 5.41) is 2.51. The van der Waals surface area contributed by atoms with Crippen LogP contribution in [0.25, 0.3) is 11.2 Å². The first-order valence-corrected chi connectivity index (χ1v) is 13.2. The van der Waals surface area contributed by atoms with E-state index in [2.05, 4.69) is 20.3 Å². The zero-order valence-electron chi connectivity index (χ0n) is 22.9. The molecule has 0 bridgehead atoms. The highest BCUT2D eigenvalue weighted by Gasteiger charge is 2.63. The molecule has 39 heavy (non-hydrogen) atoms. The SMILES string of the molecule is CCCCOC[C@@]1(C(F)F)O[C@@H](n2cnc3c(=O)[nH]c(NC(=O)C(C)C)nc32)[C@H](OC(C)=O)[C@@H]1OCCCC. The topological polar surface area (TPSA) is 147 Å². The average Bonchev–Trinajstić information content (AvgIpc) is 3.42. The summed E-state index contributed by atoms with van der Waals surface area (Å²) in [6.07, 6.45) is -3.27. The number of hydrogen-bond acceptors (Lipinski definition) is 9. The minimum absolute atomic E-state index is 0.0655. The second-order valence-electron chi connectivity index (χ2n) is 9.77. The van der Waals surface area contributed by atoms with Gasteiger partial charge in [0.25, 0.3) is 12.0 Å². The van der Waals surface area contributed by atoms with Crippen LogP contribution in [0.2, 0.25) is 0 Å². The van der Waals surface area contributed by atoms with Crippen molar-refractivity contribution in [2.75, 3.05) is 25.1 Å². The molecule has 2 aromatic rings. The van der Waals surface area contributed by atoms with Gasteiger partial charge in [-0.05, 0) is 12.8 Å². The molecule has 12 nitrogen and oxygen atoms in total. The van der Waals surface area contributed by atoms with Gasteiger partial charge >= 0.3 is 5.97 Å². The molecule has 3 rings (SSSR count). The van der Waals surface area contributed by atoms with E-state index >= 15 is 0 Å². The van der Waals surface area contributed by atoms with Gasteiger partial charge < -0.3 is 18.9 Å². The quantitative estimate of drug-likeness (QED) is 0.264. The highest BCUT2D eigenvalue weighted by Crippen LogP contribution is 2.45. The van der Waals surface area contributed by atoms with E-state index in [0.717, 1.165) is 19.8 Å². The van der Waals surface area contributed by atoms with Gasteiger partial charge in [-0.2, -0.15) is 4.98 Å². The van der Waals surface area contributed by atoms with Crippen molar-refractivity contribution >= 4 is 29.0 Å². The molecule has 1 fully saturated rings. The highest BCUT2D eigenvalue weighted by molar-refractivity contribution is 5.91. The van der Waals surface area contributed by atoms with E-state index in [4.69, 9.17) is 18.9 Å². The van der Waals surface area contributed by atoms with E-state index in [1.54, 1.807) is 13.8 Å². The molecule has 2 aromatic heterocycles.